The monoisotopic (exact) mass is 273 g/mol. The maximum Gasteiger partial charge on any atom is 0.317 e. The minimum atomic E-state index is -0.980. The van der Waals surface area contributed by atoms with Crippen molar-refractivity contribution in [2.24, 2.45) is 11.1 Å². The zero-order valence-electron chi connectivity index (χ0n) is 11.9. The Kier molecular flexibility index (Phi) is 6.31. The first-order valence-electron chi connectivity index (χ1n) is 6.03. The van der Waals surface area contributed by atoms with E-state index in [1.54, 1.807) is 0 Å². The van der Waals surface area contributed by atoms with Gasteiger partial charge < -0.3 is 21.1 Å². The number of carbonyl (C=O) groups excluding carboxylic acids is 2. The van der Waals surface area contributed by atoms with Crippen molar-refractivity contribution in [1.29, 1.82) is 0 Å². The van der Waals surface area contributed by atoms with Crippen molar-refractivity contribution in [3.8, 4) is 0 Å². The molecule has 0 spiro atoms. The number of aliphatic carboxylic acids is 1. The van der Waals surface area contributed by atoms with Crippen LogP contribution < -0.4 is 11.1 Å². The highest BCUT2D eigenvalue weighted by atomic mass is 16.4. The summed E-state index contributed by atoms with van der Waals surface area (Å²) in [6.45, 7) is 5.67. The van der Waals surface area contributed by atoms with E-state index >= 15 is 0 Å². The summed E-state index contributed by atoms with van der Waals surface area (Å²) in [6, 6.07) is -0.991. The normalized spacial score (nSPS) is 12.6. The van der Waals surface area contributed by atoms with Crippen LogP contribution in [0.1, 0.15) is 33.6 Å². The van der Waals surface area contributed by atoms with Crippen LogP contribution in [0.25, 0.3) is 0 Å². The molecule has 0 aromatic carbocycles. The smallest absolute Gasteiger partial charge is 0.317 e. The van der Waals surface area contributed by atoms with Crippen LogP contribution in [0, 0.1) is 5.41 Å². The molecule has 0 saturated carbocycles. The summed E-state index contributed by atoms with van der Waals surface area (Å²) < 4.78 is 0. The maximum atomic E-state index is 11.8. The Morgan fingerprint density at radius 1 is 1.32 bits per heavy atom. The highest BCUT2D eigenvalue weighted by molar-refractivity contribution is 5.83. The third kappa shape index (κ3) is 8.87. The van der Waals surface area contributed by atoms with Crippen LogP contribution in [0.4, 0.5) is 4.79 Å². The summed E-state index contributed by atoms with van der Waals surface area (Å²) in [5, 5.41) is 11.4. The molecule has 3 amide bonds. The Morgan fingerprint density at radius 3 is 2.21 bits per heavy atom. The first kappa shape index (κ1) is 17.2. The van der Waals surface area contributed by atoms with Crippen molar-refractivity contribution in [2.75, 3.05) is 13.6 Å². The maximum absolute atomic E-state index is 11.8. The quantitative estimate of drug-likeness (QED) is 0.649. The molecule has 0 radical (unpaired) electrons. The summed E-state index contributed by atoms with van der Waals surface area (Å²) in [5.74, 6) is -1.60. The highest BCUT2D eigenvalue weighted by Gasteiger charge is 2.24. The standard InChI is InChI=1S/C12H23N3O4/c1-12(2,3)6-8(5-10(17)18)14-11(19)15(4)7-9(13)16/h8H,5-7H2,1-4H3,(H2,13,16)(H,14,19)(H,17,18). The van der Waals surface area contributed by atoms with Crippen molar-refractivity contribution in [1.82, 2.24) is 10.2 Å². The predicted molar refractivity (Wildman–Crippen MR) is 70.5 cm³/mol. The molecule has 0 aliphatic rings. The number of urea groups is 1. The molecule has 19 heavy (non-hydrogen) atoms. The van der Waals surface area contributed by atoms with E-state index in [-0.39, 0.29) is 18.4 Å². The number of hydrogen-bond donors (Lipinski definition) is 3. The third-order valence-corrected chi connectivity index (χ3v) is 2.35. The molecule has 0 rings (SSSR count). The zero-order valence-corrected chi connectivity index (χ0v) is 11.9. The SMILES string of the molecule is CN(CC(N)=O)C(=O)NC(CC(=O)O)CC(C)(C)C. The van der Waals surface area contributed by atoms with Crippen molar-refractivity contribution in [3.05, 3.63) is 0 Å². The predicted octanol–water partition coefficient (Wildman–Crippen LogP) is 0.393. The largest absolute Gasteiger partial charge is 0.481 e. The number of hydrogen-bond acceptors (Lipinski definition) is 3. The Balaban J connectivity index is 4.58. The molecule has 0 aromatic heterocycles. The molecule has 0 aliphatic heterocycles. The first-order chi connectivity index (χ1) is 8.51. The second kappa shape index (κ2) is 6.96. The fourth-order valence-electron chi connectivity index (χ4n) is 1.71. The minimum Gasteiger partial charge on any atom is -0.481 e. The van der Waals surface area contributed by atoms with Gasteiger partial charge in [0.2, 0.25) is 5.91 Å². The lowest BCUT2D eigenvalue weighted by Crippen LogP contribution is -2.47. The number of nitrogens with one attached hydrogen (secondary N) is 1. The number of rotatable bonds is 6. The van der Waals surface area contributed by atoms with E-state index in [2.05, 4.69) is 5.32 Å². The Morgan fingerprint density at radius 2 is 1.84 bits per heavy atom. The molecule has 1 atom stereocenters. The molecule has 0 fully saturated rings. The number of carbonyl (C=O) groups is 3. The number of amides is 3. The Hall–Kier alpha value is -1.79. The van der Waals surface area contributed by atoms with Gasteiger partial charge in [-0.1, -0.05) is 20.8 Å². The van der Waals surface area contributed by atoms with Crippen LogP contribution >= 0.6 is 0 Å². The van der Waals surface area contributed by atoms with Gasteiger partial charge in [-0.3, -0.25) is 9.59 Å². The highest BCUT2D eigenvalue weighted by Crippen LogP contribution is 2.22. The lowest BCUT2D eigenvalue weighted by molar-refractivity contribution is -0.137. The number of carboxylic acid groups (broad SMARTS) is 1. The molecule has 4 N–H and O–H groups in total. The number of carboxylic acids is 1. The molecule has 7 nitrogen and oxygen atoms in total. The molecule has 0 aromatic rings. The lowest BCUT2D eigenvalue weighted by atomic mass is 9.87. The second-order valence-corrected chi connectivity index (χ2v) is 5.83. The fourth-order valence-corrected chi connectivity index (χ4v) is 1.71. The van der Waals surface area contributed by atoms with Gasteiger partial charge >= 0.3 is 12.0 Å². The summed E-state index contributed by atoms with van der Waals surface area (Å²) >= 11 is 0. The molecular formula is C12H23N3O4. The van der Waals surface area contributed by atoms with Crippen molar-refractivity contribution in [3.63, 3.8) is 0 Å². The average Bonchev–Trinajstić information content (AvgIpc) is 2.11. The minimum absolute atomic E-state index is 0.115. The summed E-state index contributed by atoms with van der Waals surface area (Å²) in [6.07, 6.45) is 0.364. The van der Waals surface area contributed by atoms with Crippen LogP contribution in [0.2, 0.25) is 0 Å². The van der Waals surface area contributed by atoms with E-state index in [0.29, 0.717) is 6.42 Å². The Labute approximate surface area is 113 Å². The average molecular weight is 273 g/mol. The molecular weight excluding hydrogens is 250 g/mol. The number of primary amides is 1. The van der Waals surface area contributed by atoms with Crippen LogP contribution in [0.15, 0.2) is 0 Å². The van der Waals surface area contributed by atoms with E-state index in [0.717, 1.165) is 4.90 Å². The first-order valence-corrected chi connectivity index (χ1v) is 6.03. The number of likely N-dealkylation sites (N-methyl/N-ethyl adjacent to an activating group) is 1. The molecule has 0 aliphatic carbocycles. The van der Waals surface area contributed by atoms with Gasteiger partial charge in [0, 0.05) is 13.1 Å². The van der Waals surface area contributed by atoms with Crippen LogP contribution in [0.5, 0.6) is 0 Å². The summed E-state index contributed by atoms with van der Waals surface area (Å²) in [7, 11) is 1.43. The van der Waals surface area contributed by atoms with Gasteiger partial charge in [0.15, 0.2) is 0 Å². The van der Waals surface area contributed by atoms with Gasteiger partial charge in [0.05, 0.1) is 6.42 Å². The molecule has 0 heterocycles. The van der Waals surface area contributed by atoms with E-state index in [9.17, 15) is 14.4 Å². The number of nitrogens with two attached hydrogens (primary N) is 1. The van der Waals surface area contributed by atoms with Crippen molar-refractivity contribution in [2.45, 2.75) is 39.7 Å². The topological polar surface area (TPSA) is 113 Å². The van der Waals surface area contributed by atoms with Gasteiger partial charge in [0.25, 0.3) is 0 Å². The lowest BCUT2D eigenvalue weighted by Gasteiger charge is -2.27. The fraction of sp³-hybridized carbons (Fsp3) is 0.750. The molecule has 0 bridgehead atoms. The van der Waals surface area contributed by atoms with E-state index < -0.39 is 23.9 Å². The van der Waals surface area contributed by atoms with Gasteiger partial charge in [-0.25, -0.2) is 4.79 Å². The van der Waals surface area contributed by atoms with E-state index in [1.807, 2.05) is 20.8 Å². The van der Waals surface area contributed by atoms with E-state index in [4.69, 9.17) is 10.8 Å². The third-order valence-electron chi connectivity index (χ3n) is 2.35. The molecule has 110 valence electrons. The van der Waals surface area contributed by atoms with Gasteiger partial charge in [0.1, 0.15) is 6.54 Å². The van der Waals surface area contributed by atoms with Gasteiger partial charge in [-0.05, 0) is 11.8 Å². The summed E-state index contributed by atoms with van der Waals surface area (Å²) in [4.78, 5) is 34.4. The Bertz CT molecular complexity index is 349. The van der Waals surface area contributed by atoms with Crippen molar-refractivity contribution < 1.29 is 19.5 Å². The zero-order chi connectivity index (χ0) is 15.2. The summed E-state index contributed by atoms with van der Waals surface area (Å²) in [5.41, 5.74) is 4.87. The van der Waals surface area contributed by atoms with Crippen LogP contribution in [0.3, 0.4) is 0 Å². The van der Waals surface area contributed by atoms with Crippen molar-refractivity contribution >= 4 is 17.9 Å². The number of nitrogens with zero attached hydrogens (tertiary/aromatic N) is 1. The van der Waals surface area contributed by atoms with Crippen LogP contribution in [-0.2, 0) is 9.59 Å². The molecule has 1 unspecified atom stereocenters. The van der Waals surface area contributed by atoms with Crippen LogP contribution in [-0.4, -0.2) is 47.5 Å². The van der Waals surface area contributed by atoms with E-state index in [1.165, 1.54) is 7.05 Å². The van der Waals surface area contributed by atoms with Gasteiger partial charge in [-0.2, -0.15) is 0 Å². The van der Waals surface area contributed by atoms with Gasteiger partial charge in [-0.15, -0.1) is 0 Å². The second-order valence-electron chi connectivity index (χ2n) is 5.83. The molecule has 7 heteroatoms. The molecule has 0 saturated heterocycles.